The fourth-order valence-corrected chi connectivity index (χ4v) is 7.59. The summed E-state index contributed by atoms with van der Waals surface area (Å²) >= 11 is 0. The second-order valence-corrected chi connectivity index (χ2v) is 14.0. The van der Waals surface area contributed by atoms with Gasteiger partial charge in [-0.3, -0.25) is 14.4 Å². The maximum atomic E-state index is 14.1. The van der Waals surface area contributed by atoms with Gasteiger partial charge in [-0.1, -0.05) is 66.5 Å². The van der Waals surface area contributed by atoms with Crippen molar-refractivity contribution in [2.75, 3.05) is 7.11 Å². The molecule has 3 aliphatic rings. The van der Waals surface area contributed by atoms with Gasteiger partial charge >= 0.3 is 5.97 Å². The minimum absolute atomic E-state index is 0.0613. The smallest absolute Gasteiger partial charge is 0.312 e. The molecule has 0 N–H and O–H groups in total. The SMILES string of the molecule is CC[C@@H]1C(=O)/C=C2/C/C=C(/C#N)C(=O)C(C)(C)C(C)CC[C@@]2(C)CCC[C@@]2(C(=O)OC)CCC(C)(C)C[C@@H]12. The van der Waals surface area contributed by atoms with E-state index in [0.29, 0.717) is 12.8 Å². The van der Waals surface area contributed by atoms with Crippen LogP contribution in [-0.2, 0) is 19.1 Å². The predicted octanol–water partition coefficient (Wildman–Crippen LogP) is 7.55. The minimum atomic E-state index is -0.631. The standard InChI is InChI=1S/C33H49NO4/c1-9-25-26-20-30(3,4)17-18-33(26,29(37)38-8)15-10-14-32(7)16-13-22(2)31(5,6)28(36)23(21-34)11-12-24(32)19-27(25)35/h11,19,22,25-26H,9-10,12-18,20H2,1-8H3/b23-11-,24-19-/t22?,25-,26-,32+,33+/m0/s1. The minimum Gasteiger partial charge on any atom is -0.469 e. The third-order valence-electron chi connectivity index (χ3n) is 10.9. The third kappa shape index (κ3) is 5.56. The first kappa shape index (κ1) is 30.3. The van der Waals surface area contributed by atoms with Gasteiger partial charge in [0.05, 0.1) is 18.1 Å². The number of rotatable bonds is 2. The highest BCUT2D eigenvalue weighted by atomic mass is 16.5. The van der Waals surface area contributed by atoms with Crippen LogP contribution in [0.1, 0.15) is 113 Å². The van der Waals surface area contributed by atoms with Gasteiger partial charge in [0.25, 0.3) is 0 Å². The summed E-state index contributed by atoms with van der Waals surface area (Å²) in [5, 5.41) is 9.85. The number of hydrogen-bond acceptors (Lipinski definition) is 5. The Morgan fingerprint density at radius 2 is 1.76 bits per heavy atom. The summed E-state index contributed by atoms with van der Waals surface area (Å²) in [6, 6.07) is 2.15. The number of hydrogen-bond donors (Lipinski definition) is 0. The quantitative estimate of drug-likeness (QED) is 0.349. The maximum absolute atomic E-state index is 14.1. The van der Waals surface area contributed by atoms with Gasteiger partial charge in [0.2, 0.25) is 0 Å². The van der Waals surface area contributed by atoms with Crippen molar-refractivity contribution >= 4 is 17.5 Å². The summed E-state index contributed by atoms with van der Waals surface area (Å²) in [7, 11) is 1.49. The molecule has 38 heavy (non-hydrogen) atoms. The molecule has 0 saturated heterocycles. The van der Waals surface area contributed by atoms with Crippen LogP contribution in [0.3, 0.4) is 0 Å². The zero-order chi connectivity index (χ0) is 28.5. The molecule has 0 spiro atoms. The highest BCUT2D eigenvalue weighted by Crippen LogP contribution is 2.57. The molecule has 5 heteroatoms. The lowest BCUT2D eigenvalue weighted by Gasteiger charge is -2.51. The lowest BCUT2D eigenvalue weighted by molar-refractivity contribution is -0.166. The van der Waals surface area contributed by atoms with E-state index in [1.54, 1.807) is 6.08 Å². The number of ether oxygens (including phenoxy) is 1. The largest absolute Gasteiger partial charge is 0.469 e. The summed E-state index contributed by atoms with van der Waals surface area (Å²) in [5.74, 6) is -0.427. The molecular weight excluding hydrogens is 474 g/mol. The summed E-state index contributed by atoms with van der Waals surface area (Å²) in [6.07, 6.45) is 11.4. The highest BCUT2D eigenvalue weighted by molar-refractivity contribution is 6.03. The molecule has 0 aromatic heterocycles. The van der Waals surface area contributed by atoms with Crippen LogP contribution in [-0.4, -0.2) is 24.6 Å². The van der Waals surface area contributed by atoms with E-state index in [0.717, 1.165) is 56.9 Å². The van der Waals surface area contributed by atoms with Gasteiger partial charge in [-0.05, 0) is 86.5 Å². The van der Waals surface area contributed by atoms with Crippen molar-refractivity contribution in [3.8, 4) is 6.07 Å². The molecule has 1 saturated carbocycles. The van der Waals surface area contributed by atoms with Crippen LogP contribution < -0.4 is 0 Å². The fraction of sp³-hybridized carbons (Fsp3) is 0.758. The Hall–Kier alpha value is -2.22. The molecule has 210 valence electrons. The van der Waals surface area contributed by atoms with Gasteiger partial charge in [-0.15, -0.1) is 0 Å². The number of allylic oxidation sites excluding steroid dienone is 4. The van der Waals surface area contributed by atoms with Crippen molar-refractivity contribution in [3.05, 3.63) is 23.3 Å². The van der Waals surface area contributed by atoms with E-state index < -0.39 is 10.8 Å². The van der Waals surface area contributed by atoms with Crippen molar-refractivity contribution in [2.24, 2.45) is 39.4 Å². The second-order valence-electron chi connectivity index (χ2n) is 14.0. The molecule has 5 atom stereocenters. The number of nitrogens with zero attached hydrogens (tertiary/aromatic N) is 1. The Labute approximate surface area is 230 Å². The summed E-state index contributed by atoms with van der Waals surface area (Å²) in [6.45, 7) is 14.8. The first-order chi connectivity index (χ1) is 17.7. The van der Waals surface area contributed by atoms with E-state index in [2.05, 4.69) is 40.7 Å². The molecule has 0 heterocycles. The van der Waals surface area contributed by atoms with Crippen molar-refractivity contribution in [1.29, 1.82) is 5.26 Å². The number of carbonyl (C=O) groups is 3. The van der Waals surface area contributed by atoms with Crippen LogP contribution in [0.25, 0.3) is 0 Å². The number of ketones is 2. The Morgan fingerprint density at radius 1 is 1.08 bits per heavy atom. The van der Waals surface area contributed by atoms with Crippen LogP contribution in [0.4, 0.5) is 0 Å². The van der Waals surface area contributed by atoms with Crippen LogP contribution in [0, 0.1) is 50.7 Å². The molecule has 5 nitrogen and oxygen atoms in total. The molecule has 0 aromatic rings. The van der Waals surface area contributed by atoms with Crippen molar-refractivity contribution < 1.29 is 19.1 Å². The molecule has 0 bridgehead atoms. The van der Waals surface area contributed by atoms with Gasteiger partial charge < -0.3 is 4.74 Å². The third-order valence-corrected chi connectivity index (χ3v) is 10.9. The van der Waals surface area contributed by atoms with Gasteiger partial charge in [0, 0.05) is 11.3 Å². The zero-order valence-corrected chi connectivity index (χ0v) is 25.0. The Balaban J connectivity index is 2.17. The first-order valence-corrected chi connectivity index (χ1v) is 14.7. The van der Waals surface area contributed by atoms with Crippen LogP contribution in [0.2, 0.25) is 0 Å². The van der Waals surface area contributed by atoms with E-state index in [1.807, 2.05) is 19.9 Å². The monoisotopic (exact) mass is 523 g/mol. The average Bonchev–Trinajstić information content (AvgIpc) is 2.86. The van der Waals surface area contributed by atoms with Gasteiger partial charge in [-0.25, -0.2) is 0 Å². The number of carbonyl (C=O) groups excluding carboxylic acids is 3. The second kappa shape index (κ2) is 11.1. The Morgan fingerprint density at radius 3 is 2.37 bits per heavy atom. The lowest BCUT2D eigenvalue weighted by Crippen LogP contribution is -2.50. The number of Topliss-reactive ketones (excluding diaryl/α,β-unsaturated/α-hetero) is 1. The van der Waals surface area contributed by atoms with Crippen molar-refractivity contribution in [3.63, 3.8) is 0 Å². The van der Waals surface area contributed by atoms with Crippen LogP contribution in [0.15, 0.2) is 23.3 Å². The number of esters is 1. The van der Waals surface area contributed by atoms with Crippen LogP contribution >= 0.6 is 0 Å². The predicted molar refractivity (Wildman–Crippen MR) is 150 cm³/mol. The first-order valence-electron chi connectivity index (χ1n) is 14.7. The molecule has 0 aliphatic heterocycles. The van der Waals surface area contributed by atoms with E-state index in [4.69, 9.17) is 4.74 Å². The average molecular weight is 524 g/mol. The molecule has 3 rings (SSSR count). The molecule has 3 aliphatic carbocycles. The van der Waals surface area contributed by atoms with Crippen molar-refractivity contribution in [2.45, 2.75) is 113 Å². The fourth-order valence-electron chi connectivity index (χ4n) is 7.59. The maximum Gasteiger partial charge on any atom is 0.312 e. The summed E-state index contributed by atoms with van der Waals surface area (Å²) < 4.78 is 5.45. The van der Waals surface area contributed by atoms with E-state index >= 15 is 0 Å². The van der Waals surface area contributed by atoms with E-state index in [-0.39, 0.29) is 51.7 Å². The number of methoxy groups -OCH3 is 1. The van der Waals surface area contributed by atoms with E-state index in [1.165, 1.54) is 7.11 Å². The lowest BCUT2D eigenvalue weighted by atomic mass is 9.52. The topological polar surface area (TPSA) is 84.2 Å². The van der Waals surface area contributed by atoms with Gasteiger partial charge in [-0.2, -0.15) is 5.26 Å². The zero-order valence-electron chi connectivity index (χ0n) is 25.0. The molecule has 0 aromatic carbocycles. The molecule has 0 radical (unpaired) electrons. The van der Waals surface area contributed by atoms with Crippen molar-refractivity contribution in [1.82, 2.24) is 0 Å². The summed E-state index contributed by atoms with van der Waals surface area (Å²) in [5.41, 5.74) is -0.237. The molecular formula is C33H49NO4. The molecule has 0 amide bonds. The summed E-state index contributed by atoms with van der Waals surface area (Å²) in [4.78, 5) is 40.9. The van der Waals surface area contributed by atoms with Gasteiger partial charge in [0.15, 0.2) is 11.6 Å². The number of nitriles is 1. The Bertz CT molecular complexity index is 1060. The molecule has 1 unspecified atom stereocenters. The van der Waals surface area contributed by atoms with Gasteiger partial charge in [0.1, 0.15) is 6.07 Å². The number of fused-ring (bicyclic) bond motifs is 2. The Kier molecular flexibility index (Phi) is 8.86. The van der Waals surface area contributed by atoms with E-state index in [9.17, 15) is 19.6 Å². The molecule has 1 fully saturated rings. The van der Waals surface area contributed by atoms with Crippen LogP contribution in [0.5, 0.6) is 0 Å². The highest BCUT2D eigenvalue weighted by Gasteiger charge is 2.55. The normalized spacial score (nSPS) is 38.7.